The average molecular weight is 354 g/mol. The topological polar surface area (TPSA) is 115 Å². The summed E-state index contributed by atoms with van der Waals surface area (Å²) < 4.78 is 14.4. The fourth-order valence-electron chi connectivity index (χ4n) is 2.28. The molecule has 0 bridgehead atoms. The van der Waals surface area contributed by atoms with Crippen LogP contribution in [0.4, 0.5) is 21.6 Å². The van der Waals surface area contributed by atoms with E-state index in [1.54, 1.807) is 37.5 Å². The molecule has 0 aliphatic carbocycles. The quantitative estimate of drug-likeness (QED) is 0.649. The highest BCUT2D eigenvalue weighted by Crippen LogP contribution is 2.21. The van der Waals surface area contributed by atoms with Gasteiger partial charge >= 0.3 is 0 Å². The Bertz CT molecular complexity index is 968. The Kier molecular flexibility index (Phi) is 4.61. The molecule has 0 aliphatic rings. The molecule has 0 fully saturated rings. The molecule has 4 N–H and O–H groups in total. The largest absolute Gasteiger partial charge is 0.366 e. The van der Waals surface area contributed by atoms with Crippen LogP contribution in [0.2, 0.25) is 0 Å². The molecule has 1 aromatic carbocycles. The number of rotatable bonds is 5. The number of benzene rings is 1. The molecule has 9 heteroatoms. The molecule has 0 saturated carbocycles. The highest BCUT2D eigenvalue weighted by molar-refractivity contribution is 6.06. The maximum atomic E-state index is 12.9. The standard InChI is InChI=1S/C17H15FN6O2/c1-24-9-13(21-12-4-2-3-10(7-12)16(19)25)15(23-24)17(26)22-14-6-5-11(18)8-20-14/h2-9,21H,1H3,(H2,19,25)(H,20,22,26). The van der Waals surface area contributed by atoms with Crippen LogP contribution in [0.5, 0.6) is 0 Å². The van der Waals surface area contributed by atoms with Gasteiger partial charge in [0.15, 0.2) is 5.69 Å². The second kappa shape index (κ2) is 7.01. The van der Waals surface area contributed by atoms with Gasteiger partial charge in [-0.15, -0.1) is 0 Å². The van der Waals surface area contributed by atoms with E-state index in [-0.39, 0.29) is 11.5 Å². The van der Waals surface area contributed by atoms with Gasteiger partial charge in [0, 0.05) is 24.5 Å². The van der Waals surface area contributed by atoms with Crippen LogP contribution in [0.15, 0.2) is 48.8 Å². The predicted octanol–water partition coefficient (Wildman–Crippen LogP) is 2.05. The van der Waals surface area contributed by atoms with Gasteiger partial charge in [-0.1, -0.05) is 6.07 Å². The molecule has 0 radical (unpaired) electrons. The molecule has 2 amide bonds. The second-order valence-electron chi connectivity index (χ2n) is 5.45. The monoisotopic (exact) mass is 354 g/mol. The number of hydrogen-bond donors (Lipinski definition) is 3. The van der Waals surface area contributed by atoms with Crippen LogP contribution in [-0.2, 0) is 7.05 Å². The summed E-state index contributed by atoms with van der Waals surface area (Å²) >= 11 is 0. The number of aromatic nitrogens is 3. The van der Waals surface area contributed by atoms with Gasteiger partial charge in [-0.2, -0.15) is 5.10 Å². The number of halogens is 1. The van der Waals surface area contributed by atoms with Gasteiger partial charge in [0.2, 0.25) is 5.91 Å². The van der Waals surface area contributed by atoms with E-state index >= 15 is 0 Å². The van der Waals surface area contributed by atoms with Crippen molar-refractivity contribution < 1.29 is 14.0 Å². The molecule has 2 heterocycles. The van der Waals surface area contributed by atoms with Crippen molar-refractivity contribution in [2.75, 3.05) is 10.6 Å². The average Bonchev–Trinajstić information content (AvgIpc) is 2.97. The summed E-state index contributed by atoms with van der Waals surface area (Å²) in [7, 11) is 1.66. The van der Waals surface area contributed by atoms with Crippen molar-refractivity contribution >= 4 is 29.0 Å². The van der Waals surface area contributed by atoms with Crippen molar-refractivity contribution in [1.82, 2.24) is 14.8 Å². The minimum absolute atomic E-state index is 0.114. The minimum atomic E-state index is -0.555. The molecule has 26 heavy (non-hydrogen) atoms. The van der Waals surface area contributed by atoms with Gasteiger partial charge in [-0.3, -0.25) is 14.3 Å². The maximum Gasteiger partial charge on any atom is 0.279 e. The van der Waals surface area contributed by atoms with Gasteiger partial charge in [-0.25, -0.2) is 9.37 Å². The van der Waals surface area contributed by atoms with Crippen molar-refractivity contribution in [3.63, 3.8) is 0 Å². The number of nitrogens with one attached hydrogen (secondary N) is 2. The predicted molar refractivity (Wildman–Crippen MR) is 93.6 cm³/mol. The molecule has 0 unspecified atom stereocenters. The molecule has 0 aliphatic heterocycles. The van der Waals surface area contributed by atoms with Crippen molar-refractivity contribution in [3.05, 3.63) is 65.9 Å². The van der Waals surface area contributed by atoms with Crippen molar-refractivity contribution in [2.45, 2.75) is 0 Å². The Balaban J connectivity index is 1.83. The van der Waals surface area contributed by atoms with E-state index in [1.807, 2.05) is 0 Å². The van der Waals surface area contributed by atoms with Crippen LogP contribution >= 0.6 is 0 Å². The normalized spacial score (nSPS) is 10.4. The third-order valence-electron chi connectivity index (χ3n) is 3.44. The van der Waals surface area contributed by atoms with Crippen LogP contribution in [0.1, 0.15) is 20.8 Å². The first-order chi connectivity index (χ1) is 12.4. The Labute approximate surface area is 147 Å². The smallest absolute Gasteiger partial charge is 0.279 e. The summed E-state index contributed by atoms with van der Waals surface area (Å²) in [5.41, 5.74) is 6.72. The van der Waals surface area contributed by atoms with Crippen LogP contribution in [0, 0.1) is 5.82 Å². The van der Waals surface area contributed by atoms with Crippen LogP contribution in [-0.4, -0.2) is 26.6 Å². The summed E-state index contributed by atoms with van der Waals surface area (Å²) in [6, 6.07) is 9.09. The van der Waals surface area contributed by atoms with Crippen molar-refractivity contribution in [2.24, 2.45) is 12.8 Å². The van der Waals surface area contributed by atoms with Crippen LogP contribution < -0.4 is 16.4 Å². The number of pyridine rings is 1. The third kappa shape index (κ3) is 3.83. The molecule has 3 rings (SSSR count). The number of nitrogens with two attached hydrogens (primary N) is 1. The summed E-state index contributed by atoms with van der Waals surface area (Å²) in [4.78, 5) is 27.5. The number of carbonyl (C=O) groups is 2. The number of amides is 2. The Morgan fingerprint density at radius 1 is 1.23 bits per heavy atom. The van der Waals surface area contributed by atoms with Gasteiger partial charge in [0.1, 0.15) is 11.6 Å². The fourth-order valence-corrected chi connectivity index (χ4v) is 2.28. The van der Waals surface area contributed by atoms with Crippen molar-refractivity contribution in [1.29, 1.82) is 0 Å². The van der Waals surface area contributed by atoms with Gasteiger partial charge in [0.05, 0.1) is 11.9 Å². The zero-order valence-corrected chi connectivity index (χ0v) is 13.7. The summed E-state index contributed by atoms with van der Waals surface area (Å²) in [6.45, 7) is 0. The van der Waals surface area contributed by atoms with E-state index in [1.165, 1.54) is 16.8 Å². The highest BCUT2D eigenvalue weighted by Gasteiger charge is 2.17. The first kappa shape index (κ1) is 17.1. The summed E-state index contributed by atoms with van der Waals surface area (Å²) in [6.07, 6.45) is 2.62. The third-order valence-corrected chi connectivity index (χ3v) is 3.44. The van der Waals surface area contributed by atoms with E-state index in [0.29, 0.717) is 16.9 Å². The molecule has 3 aromatic rings. The summed E-state index contributed by atoms with van der Waals surface area (Å²) in [5, 5.41) is 9.71. The lowest BCUT2D eigenvalue weighted by Crippen LogP contribution is -2.15. The van der Waals surface area contributed by atoms with Crippen LogP contribution in [0.25, 0.3) is 0 Å². The first-order valence-corrected chi connectivity index (χ1v) is 7.56. The number of hydrogen-bond acceptors (Lipinski definition) is 5. The lowest BCUT2D eigenvalue weighted by molar-refractivity contribution is 0.0997. The number of nitrogens with zero attached hydrogens (tertiary/aromatic N) is 3. The first-order valence-electron chi connectivity index (χ1n) is 7.56. The molecule has 0 spiro atoms. The molecule has 132 valence electrons. The van der Waals surface area contributed by atoms with E-state index in [9.17, 15) is 14.0 Å². The molecule has 8 nitrogen and oxygen atoms in total. The van der Waals surface area contributed by atoms with Gasteiger partial charge in [-0.05, 0) is 30.3 Å². The number of aryl methyl sites for hydroxylation is 1. The molecule has 0 atom stereocenters. The fraction of sp³-hybridized carbons (Fsp3) is 0.0588. The maximum absolute atomic E-state index is 12.9. The Morgan fingerprint density at radius 3 is 2.73 bits per heavy atom. The minimum Gasteiger partial charge on any atom is -0.366 e. The molecular formula is C17H15FN6O2. The number of anilines is 3. The zero-order valence-electron chi connectivity index (χ0n) is 13.7. The van der Waals surface area contributed by atoms with E-state index in [0.717, 1.165) is 6.20 Å². The zero-order chi connectivity index (χ0) is 18.7. The Morgan fingerprint density at radius 2 is 2.04 bits per heavy atom. The highest BCUT2D eigenvalue weighted by atomic mass is 19.1. The Hall–Kier alpha value is -3.75. The summed E-state index contributed by atoms with van der Waals surface area (Å²) in [5.74, 6) is -1.38. The van der Waals surface area contributed by atoms with Gasteiger partial charge < -0.3 is 16.4 Å². The van der Waals surface area contributed by atoms with Crippen molar-refractivity contribution in [3.8, 4) is 0 Å². The second-order valence-corrected chi connectivity index (χ2v) is 5.45. The number of carbonyl (C=O) groups excluding carboxylic acids is 2. The van der Waals surface area contributed by atoms with E-state index in [2.05, 4.69) is 20.7 Å². The molecule has 0 saturated heterocycles. The van der Waals surface area contributed by atoms with E-state index < -0.39 is 17.6 Å². The number of primary amides is 1. The lowest BCUT2D eigenvalue weighted by atomic mass is 10.2. The lowest BCUT2D eigenvalue weighted by Gasteiger charge is -2.08. The van der Waals surface area contributed by atoms with Crippen LogP contribution in [0.3, 0.4) is 0 Å². The van der Waals surface area contributed by atoms with Gasteiger partial charge in [0.25, 0.3) is 5.91 Å². The molecular weight excluding hydrogens is 339 g/mol. The SMILES string of the molecule is Cn1cc(Nc2cccc(C(N)=O)c2)c(C(=O)Nc2ccc(F)cn2)n1. The molecule has 2 aromatic heterocycles. The van der Waals surface area contributed by atoms with E-state index in [4.69, 9.17) is 5.73 Å².